The second-order valence-electron chi connectivity index (χ2n) is 14.1. The summed E-state index contributed by atoms with van der Waals surface area (Å²) in [5.74, 6) is -5.83. The number of rotatable bonds is 15. The molecule has 276 valence electrons. The lowest BCUT2D eigenvalue weighted by Crippen LogP contribution is -2.62. The Morgan fingerprint density at radius 1 is 0.923 bits per heavy atom. The predicted molar refractivity (Wildman–Crippen MR) is 188 cm³/mol. The van der Waals surface area contributed by atoms with Gasteiger partial charge in [0.1, 0.15) is 0 Å². The summed E-state index contributed by atoms with van der Waals surface area (Å²) in [4.78, 5) is 42.6. The fourth-order valence-electron chi connectivity index (χ4n) is 7.13. The SMILES string of the molecule is Cc1ccc(CCN(C(=O)C2=C(c3ccc(CCCOc4c(F)ccc(F)c4F)cc3)C[C@@H]3CN(C(=O)C[C@@H](O)CC(=O)O)C[C@H]2N3)C2CC2)cc1. The highest BCUT2D eigenvalue weighted by Crippen LogP contribution is 2.37. The number of hydrogen-bond donors (Lipinski definition) is 3. The highest BCUT2D eigenvalue weighted by molar-refractivity contribution is 6.03. The normalized spacial score (nSPS) is 19.0. The number of piperazine rings is 1. The molecule has 1 saturated heterocycles. The first kappa shape index (κ1) is 37.1. The van der Waals surface area contributed by atoms with E-state index in [9.17, 15) is 32.7 Å². The number of carbonyl (C=O) groups excluding carboxylic acids is 2. The number of benzene rings is 3. The number of hydrogen-bond acceptors (Lipinski definition) is 6. The maximum atomic E-state index is 14.7. The van der Waals surface area contributed by atoms with Crippen LogP contribution in [0.5, 0.6) is 5.75 Å². The molecule has 3 N–H and O–H groups in total. The lowest BCUT2D eigenvalue weighted by molar-refractivity contribution is -0.141. The van der Waals surface area contributed by atoms with Gasteiger partial charge in [0.05, 0.1) is 31.6 Å². The number of nitrogens with zero attached hydrogens (tertiary/aromatic N) is 2. The molecule has 2 aliphatic heterocycles. The van der Waals surface area contributed by atoms with Crippen LogP contribution in [-0.4, -0.2) is 88.3 Å². The molecule has 3 aromatic carbocycles. The molecule has 1 aliphatic carbocycles. The molecule has 6 rings (SSSR count). The summed E-state index contributed by atoms with van der Waals surface area (Å²) in [6, 6.07) is 17.2. The molecule has 3 aromatic rings. The van der Waals surface area contributed by atoms with Gasteiger partial charge in [-0.05, 0) is 79.8 Å². The van der Waals surface area contributed by atoms with Gasteiger partial charge < -0.3 is 30.1 Å². The van der Waals surface area contributed by atoms with Crippen LogP contribution in [0.15, 0.2) is 66.2 Å². The van der Waals surface area contributed by atoms with E-state index >= 15 is 0 Å². The van der Waals surface area contributed by atoms with Crippen LogP contribution in [0.3, 0.4) is 0 Å². The van der Waals surface area contributed by atoms with Gasteiger partial charge in [0.25, 0.3) is 5.91 Å². The van der Waals surface area contributed by atoms with Gasteiger partial charge in [0, 0.05) is 37.3 Å². The molecule has 3 aliphatic rings. The van der Waals surface area contributed by atoms with Crippen molar-refractivity contribution < 1.29 is 42.5 Å². The highest BCUT2D eigenvalue weighted by Gasteiger charge is 2.43. The number of carboxylic acid groups (broad SMARTS) is 1. The average molecular weight is 720 g/mol. The molecule has 12 heteroatoms. The van der Waals surface area contributed by atoms with Crippen LogP contribution >= 0.6 is 0 Å². The largest absolute Gasteiger partial charge is 0.488 e. The summed E-state index contributed by atoms with van der Waals surface area (Å²) in [7, 11) is 0. The lowest BCUT2D eigenvalue weighted by atomic mass is 9.82. The Morgan fingerprint density at radius 2 is 1.60 bits per heavy atom. The summed E-state index contributed by atoms with van der Waals surface area (Å²) >= 11 is 0. The van der Waals surface area contributed by atoms with Crippen molar-refractivity contribution in [3.8, 4) is 5.75 Å². The minimum atomic E-state index is -1.35. The first-order valence-electron chi connectivity index (χ1n) is 17.9. The third-order valence-corrected chi connectivity index (χ3v) is 9.98. The zero-order chi connectivity index (χ0) is 36.9. The number of nitrogens with one attached hydrogen (secondary N) is 1. The maximum absolute atomic E-state index is 14.7. The van der Waals surface area contributed by atoms with Crippen LogP contribution < -0.4 is 10.1 Å². The zero-order valence-corrected chi connectivity index (χ0v) is 29.1. The molecule has 52 heavy (non-hydrogen) atoms. The van der Waals surface area contributed by atoms with Crippen molar-refractivity contribution >= 4 is 23.4 Å². The monoisotopic (exact) mass is 719 g/mol. The molecule has 0 aromatic heterocycles. The van der Waals surface area contributed by atoms with Gasteiger partial charge in [-0.1, -0.05) is 54.1 Å². The first-order chi connectivity index (χ1) is 25.0. The summed E-state index contributed by atoms with van der Waals surface area (Å²) in [5, 5.41) is 22.8. The van der Waals surface area contributed by atoms with Crippen LogP contribution in [0.1, 0.15) is 60.8 Å². The number of carbonyl (C=O) groups is 3. The Labute approximate surface area is 301 Å². The van der Waals surface area contributed by atoms with E-state index in [1.165, 1.54) is 0 Å². The van der Waals surface area contributed by atoms with E-state index in [2.05, 4.69) is 29.6 Å². The summed E-state index contributed by atoms with van der Waals surface area (Å²) in [5.41, 5.74) is 5.65. The fraction of sp³-hybridized carbons (Fsp3) is 0.425. The third kappa shape index (κ3) is 9.02. The molecule has 1 saturated carbocycles. The molecule has 2 bridgehead atoms. The number of carboxylic acids is 1. The molecule has 2 fully saturated rings. The number of halogens is 3. The average Bonchev–Trinajstić information content (AvgIpc) is 3.95. The molecule has 0 spiro atoms. The summed E-state index contributed by atoms with van der Waals surface area (Å²) in [6.07, 6.45) is 1.86. The first-order valence-corrected chi connectivity index (χ1v) is 17.9. The molecule has 3 atom stereocenters. The molecule has 2 heterocycles. The molecule has 2 amide bonds. The fourth-order valence-corrected chi connectivity index (χ4v) is 7.13. The zero-order valence-electron chi connectivity index (χ0n) is 29.1. The minimum Gasteiger partial charge on any atom is -0.488 e. The van der Waals surface area contributed by atoms with E-state index in [1.54, 1.807) is 4.90 Å². The van der Waals surface area contributed by atoms with E-state index < -0.39 is 47.7 Å². The van der Waals surface area contributed by atoms with Crippen LogP contribution in [0.2, 0.25) is 0 Å². The number of aliphatic carboxylic acids is 1. The van der Waals surface area contributed by atoms with Gasteiger partial charge in [-0.3, -0.25) is 14.4 Å². The summed E-state index contributed by atoms with van der Waals surface area (Å²) < 4.78 is 46.7. The van der Waals surface area contributed by atoms with Gasteiger partial charge in [-0.25, -0.2) is 8.78 Å². The maximum Gasteiger partial charge on any atom is 0.305 e. The number of aryl methyl sites for hydroxylation is 2. The Balaban J connectivity index is 1.21. The lowest BCUT2D eigenvalue weighted by Gasteiger charge is -2.45. The van der Waals surface area contributed by atoms with Crippen LogP contribution in [0, 0.1) is 24.4 Å². The van der Waals surface area contributed by atoms with Gasteiger partial charge in [0.15, 0.2) is 17.4 Å². The quantitative estimate of drug-likeness (QED) is 0.146. The van der Waals surface area contributed by atoms with E-state index in [1.807, 2.05) is 36.1 Å². The third-order valence-electron chi connectivity index (χ3n) is 9.98. The second kappa shape index (κ2) is 16.3. The van der Waals surface area contributed by atoms with Crippen molar-refractivity contribution in [1.82, 2.24) is 15.1 Å². The number of aliphatic hydroxyl groups excluding tert-OH is 1. The minimum absolute atomic E-state index is 0.0139. The van der Waals surface area contributed by atoms with Crippen LogP contribution in [-0.2, 0) is 27.2 Å². The Hall–Kier alpha value is -4.68. The van der Waals surface area contributed by atoms with Gasteiger partial charge in [-0.2, -0.15) is 4.39 Å². The highest BCUT2D eigenvalue weighted by atomic mass is 19.2. The van der Waals surface area contributed by atoms with Crippen molar-refractivity contribution in [2.24, 2.45) is 0 Å². The second-order valence-corrected chi connectivity index (χ2v) is 14.1. The van der Waals surface area contributed by atoms with Crippen molar-refractivity contribution in [2.45, 2.75) is 82.5 Å². The standard InChI is InChI=1S/C40H44F3N3O6/c1-24-4-6-26(7-5-24)16-17-46(29-12-13-29)40(51)37-31(19-28-22-45(23-34(37)44-28)35(48)20-30(47)21-36(49)50)27-10-8-25(9-11-27)3-2-18-52-39-33(42)15-14-32(41)38(39)43/h4-11,14-15,28-30,34,44,47H,2-3,12-13,16-23H2,1H3,(H,49,50)/t28-,30-,34-/m1/s1. The van der Waals surface area contributed by atoms with Gasteiger partial charge in [-0.15, -0.1) is 0 Å². The van der Waals surface area contributed by atoms with E-state index in [-0.39, 0.29) is 43.5 Å². The summed E-state index contributed by atoms with van der Waals surface area (Å²) in [6.45, 7) is 3.13. The van der Waals surface area contributed by atoms with Crippen molar-refractivity contribution in [2.75, 3.05) is 26.2 Å². The molecular formula is C40H44F3N3O6. The van der Waals surface area contributed by atoms with Gasteiger partial charge >= 0.3 is 5.97 Å². The topological polar surface area (TPSA) is 119 Å². The number of ether oxygens (including phenoxy) is 1. The van der Waals surface area contributed by atoms with E-state index in [4.69, 9.17) is 9.84 Å². The van der Waals surface area contributed by atoms with Crippen LogP contribution in [0.4, 0.5) is 13.2 Å². The van der Waals surface area contributed by atoms with Crippen molar-refractivity contribution in [3.63, 3.8) is 0 Å². The predicted octanol–water partition coefficient (Wildman–Crippen LogP) is 5.21. The number of aliphatic hydroxyl groups is 1. The molecule has 9 nitrogen and oxygen atoms in total. The number of amides is 2. The Kier molecular flexibility index (Phi) is 11.6. The molecule has 0 unspecified atom stereocenters. The van der Waals surface area contributed by atoms with Gasteiger partial charge in [0.2, 0.25) is 11.7 Å². The van der Waals surface area contributed by atoms with E-state index in [0.717, 1.165) is 46.7 Å². The number of fused-ring (bicyclic) bond motifs is 2. The smallest absolute Gasteiger partial charge is 0.305 e. The van der Waals surface area contributed by atoms with Crippen molar-refractivity contribution in [1.29, 1.82) is 0 Å². The van der Waals surface area contributed by atoms with Crippen molar-refractivity contribution in [3.05, 3.63) is 106 Å². The Morgan fingerprint density at radius 3 is 2.29 bits per heavy atom. The van der Waals surface area contributed by atoms with E-state index in [0.29, 0.717) is 50.4 Å². The molecule has 0 radical (unpaired) electrons. The Bertz CT molecular complexity index is 1810. The van der Waals surface area contributed by atoms with Crippen LogP contribution in [0.25, 0.3) is 5.57 Å². The molecular weight excluding hydrogens is 675 g/mol.